The highest BCUT2D eigenvalue weighted by Gasteiger charge is 2.36. The van der Waals surface area contributed by atoms with E-state index in [0.717, 1.165) is 44.9 Å². The number of rotatable bonds is 10. The smallest absolute Gasteiger partial charge is 0.329 e. The van der Waals surface area contributed by atoms with E-state index in [1.165, 1.54) is 20.0 Å². The number of carbonyl (C=O) groups is 3. The molecule has 0 aromatic heterocycles. The van der Waals surface area contributed by atoms with Crippen LogP contribution in [0.3, 0.4) is 0 Å². The topological polar surface area (TPSA) is 108 Å². The van der Waals surface area contributed by atoms with Crippen molar-refractivity contribution in [3.63, 3.8) is 0 Å². The summed E-state index contributed by atoms with van der Waals surface area (Å²) in [5, 5.41) is 2.72. The molecule has 3 N–H and O–H groups in total. The van der Waals surface area contributed by atoms with Crippen molar-refractivity contribution in [2.75, 3.05) is 12.9 Å². The van der Waals surface area contributed by atoms with Crippen LogP contribution in [0.25, 0.3) is 0 Å². The van der Waals surface area contributed by atoms with Gasteiger partial charge in [0.1, 0.15) is 12.1 Å². The molecule has 2 atom stereocenters. The van der Waals surface area contributed by atoms with Gasteiger partial charge in [0.05, 0.1) is 19.6 Å². The molecule has 1 amide bonds. The third kappa shape index (κ3) is 6.65. The number of esters is 2. The molecule has 0 aliphatic heterocycles. The Bertz CT molecular complexity index is 545. The maximum absolute atomic E-state index is 12.8. The molecule has 0 spiro atoms. The molecule has 0 heterocycles. The van der Waals surface area contributed by atoms with Gasteiger partial charge in [0.15, 0.2) is 0 Å². The van der Waals surface area contributed by atoms with Gasteiger partial charge in [0, 0.05) is 10.5 Å². The van der Waals surface area contributed by atoms with Gasteiger partial charge >= 0.3 is 11.9 Å². The summed E-state index contributed by atoms with van der Waals surface area (Å²) >= 11 is 1.75. The summed E-state index contributed by atoms with van der Waals surface area (Å²) in [5.74, 6) is -1.03. The van der Waals surface area contributed by atoms with Crippen molar-refractivity contribution in [2.45, 2.75) is 94.1 Å². The first-order valence-electron chi connectivity index (χ1n) is 10.4. The van der Waals surface area contributed by atoms with E-state index in [-0.39, 0.29) is 17.3 Å². The summed E-state index contributed by atoms with van der Waals surface area (Å²) in [4.78, 5) is 36.6. The first kappa shape index (κ1) is 23.0. The molecule has 0 saturated heterocycles. The van der Waals surface area contributed by atoms with Crippen LogP contribution in [0.1, 0.15) is 71.1 Å². The third-order valence-corrected chi connectivity index (χ3v) is 7.66. The molecule has 2 rings (SSSR count). The Morgan fingerprint density at radius 3 is 2.39 bits per heavy atom. The molecular formula is C20H34N2O5S. The minimum atomic E-state index is -1.05. The van der Waals surface area contributed by atoms with Gasteiger partial charge in [-0.15, -0.1) is 0 Å². The van der Waals surface area contributed by atoms with E-state index in [1.54, 1.807) is 11.8 Å². The van der Waals surface area contributed by atoms with Crippen molar-refractivity contribution in [2.24, 2.45) is 5.73 Å². The Balaban J connectivity index is 1.98. The van der Waals surface area contributed by atoms with Crippen LogP contribution >= 0.6 is 11.8 Å². The second kappa shape index (κ2) is 11.0. The number of amides is 1. The molecule has 2 aliphatic carbocycles. The Hall–Kier alpha value is -1.28. The molecule has 2 aliphatic rings. The maximum Gasteiger partial charge on any atom is 0.329 e. The van der Waals surface area contributed by atoms with Gasteiger partial charge in [0.2, 0.25) is 5.91 Å². The first-order chi connectivity index (χ1) is 13.4. The summed E-state index contributed by atoms with van der Waals surface area (Å²) in [7, 11) is 1.25. The van der Waals surface area contributed by atoms with Crippen molar-refractivity contribution in [1.29, 1.82) is 0 Å². The predicted molar refractivity (Wildman–Crippen MR) is 109 cm³/mol. The third-order valence-electron chi connectivity index (χ3n) is 5.85. The zero-order valence-corrected chi connectivity index (χ0v) is 17.9. The lowest BCUT2D eigenvalue weighted by molar-refractivity contribution is -0.152. The van der Waals surface area contributed by atoms with Gasteiger partial charge in [-0.25, -0.2) is 4.79 Å². The van der Waals surface area contributed by atoms with Crippen LogP contribution in [0.15, 0.2) is 0 Å². The number of hydrogen-bond donors (Lipinski definition) is 2. The van der Waals surface area contributed by atoms with Crippen LogP contribution < -0.4 is 11.1 Å². The molecule has 0 radical (unpaired) electrons. The summed E-state index contributed by atoms with van der Waals surface area (Å²) < 4.78 is 10.4. The number of carbonyl (C=O) groups excluding carboxylic acids is 3. The standard InChI is InChI=1S/C20H34N2O5S/c1-3-20(10-6-7-11-20)28-13-16(19(25)27-14-8-4-5-9-14)22-18(24)15(21)12-17(23)26-2/h14-16H,3-13,21H2,1-2H3,(H,22,24)/t15-,16-/m0/s1. The summed E-state index contributed by atoms with van der Waals surface area (Å²) in [6, 6.07) is -1.81. The Morgan fingerprint density at radius 1 is 1.18 bits per heavy atom. The van der Waals surface area contributed by atoms with Crippen molar-refractivity contribution in [1.82, 2.24) is 5.32 Å². The fourth-order valence-corrected chi connectivity index (χ4v) is 5.46. The number of hydrogen-bond acceptors (Lipinski definition) is 7. The van der Waals surface area contributed by atoms with Crippen molar-refractivity contribution >= 4 is 29.6 Å². The lowest BCUT2D eigenvalue weighted by Crippen LogP contribution is -2.51. The van der Waals surface area contributed by atoms with E-state index in [2.05, 4.69) is 17.0 Å². The lowest BCUT2D eigenvalue weighted by Gasteiger charge is -2.29. The fourth-order valence-electron chi connectivity index (χ4n) is 3.93. The number of nitrogens with two attached hydrogens (primary N) is 1. The zero-order chi connectivity index (χ0) is 20.6. The van der Waals surface area contributed by atoms with E-state index < -0.39 is 29.9 Å². The van der Waals surface area contributed by atoms with Crippen LogP contribution in [0.4, 0.5) is 0 Å². The minimum Gasteiger partial charge on any atom is -0.469 e. The Morgan fingerprint density at radius 2 is 1.82 bits per heavy atom. The van der Waals surface area contributed by atoms with Crippen LogP contribution in [0, 0.1) is 0 Å². The monoisotopic (exact) mass is 414 g/mol. The van der Waals surface area contributed by atoms with Crippen molar-refractivity contribution in [3.8, 4) is 0 Å². The highest BCUT2D eigenvalue weighted by atomic mass is 32.2. The summed E-state index contributed by atoms with van der Waals surface area (Å²) in [6.45, 7) is 2.18. The number of ether oxygens (including phenoxy) is 2. The van der Waals surface area contributed by atoms with Crippen LogP contribution in [-0.4, -0.2) is 53.6 Å². The first-order valence-corrected chi connectivity index (χ1v) is 11.3. The molecule has 0 bridgehead atoms. The number of thioether (sulfide) groups is 1. The molecule has 0 aromatic carbocycles. The van der Waals surface area contributed by atoms with Gasteiger partial charge in [-0.1, -0.05) is 19.8 Å². The Labute approximate surface area is 171 Å². The van der Waals surface area contributed by atoms with Crippen LogP contribution in [0.2, 0.25) is 0 Å². The largest absolute Gasteiger partial charge is 0.469 e. The average molecular weight is 415 g/mol. The number of nitrogens with one attached hydrogen (secondary N) is 1. The Kier molecular flexibility index (Phi) is 9.08. The van der Waals surface area contributed by atoms with E-state index in [0.29, 0.717) is 5.75 Å². The maximum atomic E-state index is 12.8. The molecule has 0 unspecified atom stereocenters. The SMILES string of the molecule is CCC1(SC[C@H](NC(=O)[C@@H](N)CC(=O)OC)C(=O)OC2CCCC2)CCCC1. The van der Waals surface area contributed by atoms with E-state index in [1.807, 2.05) is 0 Å². The highest BCUT2D eigenvalue weighted by molar-refractivity contribution is 8.00. The molecule has 8 heteroatoms. The molecule has 28 heavy (non-hydrogen) atoms. The molecule has 160 valence electrons. The minimum absolute atomic E-state index is 0.0627. The van der Waals surface area contributed by atoms with Gasteiger partial charge in [-0.3, -0.25) is 9.59 Å². The lowest BCUT2D eigenvalue weighted by atomic mass is 10.0. The van der Waals surface area contributed by atoms with E-state index >= 15 is 0 Å². The van der Waals surface area contributed by atoms with Gasteiger partial charge in [-0.2, -0.15) is 11.8 Å². The molecule has 2 fully saturated rings. The van der Waals surface area contributed by atoms with E-state index in [4.69, 9.17) is 10.5 Å². The van der Waals surface area contributed by atoms with Crippen LogP contribution in [0.5, 0.6) is 0 Å². The number of methoxy groups -OCH3 is 1. The molecule has 2 saturated carbocycles. The quantitative estimate of drug-likeness (QED) is 0.528. The summed E-state index contributed by atoms with van der Waals surface area (Å²) in [6.07, 6.45) is 9.30. The second-order valence-corrected chi connectivity index (χ2v) is 9.33. The highest BCUT2D eigenvalue weighted by Crippen LogP contribution is 2.44. The van der Waals surface area contributed by atoms with Gasteiger partial charge < -0.3 is 20.5 Å². The van der Waals surface area contributed by atoms with E-state index in [9.17, 15) is 14.4 Å². The molecular weight excluding hydrogens is 380 g/mol. The summed E-state index contributed by atoms with van der Waals surface area (Å²) in [5.41, 5.74) is 5.80. The average Bonchev–Trinajstić information content (AvgIpc) is 3.37. The van der Waals surface area contributed by atoms with Gasteiger partial charge in [-0.05, 0) is 44.9 Å². The van der Waals surface area contributed by atoms with Crippen molar-refractivity contribution < 1.29 is 23.9 Å². The predicted octanol–water partition coefficient (Wildman–Crippen LogP) is 2.30. The molecule has 7 nitrogen and oxygen atoms in total. The second-order valence-electron chi connectivity index (χ2n) is 7.85. The van der Waals surface area contributed by atoms with Crippen LogP contribution in [-0.2, 0) is 23.9 Å². The van der Waals surface area contributed by atoms with Crippen molar-refractivity contribution in [3.05, 3.63) is 0 Å². The normalized spacial score (nSPS) is 21.1. The zero-order valence-electron chi connectivity index (χ0n) is 17.0. The van der Waals surface area contributed by atoms with Gasteiger partial charge in [0.25, 0.3) is 0 Å². The molecule has 0 aromatic rings. The fraction of sp³-hybridized carbons (Fsp3) is 0.850.